The van der Waals surface area contributed by atoms with E-state index >= 15 is 0 Å². The molecular formula is C41H44Cl4Zr. The van der Waals surface area contributed by atoms with Gasteiger partial charge in [0, 0.05) is 0 Å². The van der Waals surface area contributed by atoms with Gasteiger partial charge < -0.3 is 0 Å². The summed E-state index contributed by atoms with van der Waals surface area (Å²) < 4.78 is 1.52. The van der Waals surface area contributed by atoms with Crippen LogP contribution in [-0.4, -0.2) is 3.21 Å². The monoisotopic (exact) mass is 766 g/mol. The minimum atomic E-state index is 0. The molecule has 0 nitrogen and oxygen atoms in total. The third-order valence-electron chi connectivity index (χ3n) is 7.77. The molecular weight excluding hydrogens is 725 g/mol. The van der Waals surface area contributed by atoms with Crippen molar-refractivity contribution >= 4 is 51.2 Å². The molecule has 0 bridgehead atoms. The van der Waals surface area contributed by atoms with Crippen molar-refractivity contribution in [3.05, 3.63) is 153 Å². The molecule has 46 heavy (non-hydrogen) atoms. The molecule has 0 aromatic heterocycles. The minimum Gasteiger partial charge on any atom is -0.273 e. The average molecular weight is 770 g/mol. The Kier molecular flexibility index (Phi) is 16.0. The number of hydrogen-bond donors (Lipinski definition) is 0. The second kappa shape index (κ2) is 18.2. The third kappa shape index (κ3) is 12.1. The molecule has 240 valence electrons. The maximum atomic E-state index is 5.88. The Balaban J connectivity index is 0.000000270. The van der Waals surface area contributed by atoms with Gasteiger partial charge in [-0.3, -0.25) is 6.08 Å². The normalized spacial score (nSPS) is 12.4. The van der Waals surface area contributed by atoms with E-state index in [-0.39, 0.29) is 35.6 Å². The summed E-state index contributed by atoms with van der Waals surface area (Å²) in [5, 5.41) is 1.59. The summed E-state index contributed by atoms with van der Waals surface area (Å²) in [5.74, 6) is 0. The molecule has 0 heterocycles. The van der Waals surface area contributed by atoms with Crippen LogP contribution in [0.15, 0.2) is 97.1 Å². The van der Waals surface area contributed by atoms with Crippen molar-refractivity contribution in [3.8, 4) is 11.1 Å². The smallest absolute Gasteiger partial charge is 0.109 e. The first-order chi connectivity index (χ1) is 20.8. The van der Waals surface area contributed by atoms with E-state index in [1.807, 2.05) is 36.4 Å². The molecule has 4 aromatic rings. The first kappa shape index (κ1) is 40.4. The van der Waals surface area contributed by atoms with Crippen LogP contribution >= 0.6 is 48.0 Å². The predicted molar refractivity (Wildman–Crippen MR) is 202 cm³/mol. The first-order valence-corrected chi connectivity index (χ1v) is 17.2. The standard InChI is InChI=1S/C21H25.C15H12Cl2.C5H5.2ClH.Zr/c1-20(2,3)16-9-7-14-11-15-8-10-17(21(4,5)6)13-19(15)18(14)12-16;16-14-8-4-12(5-9-14)2-1-3-13-6-10-15(17)11-7-13;1-2-4-5-3-1;;;/h7,9-10,12-13H,11H2,1-6H3;4-11H,2-3H2;1-3H,4H2;2*1H;/q-1;;-1;;;+2. The van der Waals surface area contributed by atoms with Gasteiger partial charge in [0.1, 0.15) is 0 Å². The van der Waals surface area contributed by atoms with E-state index in [1.165, 1.54) is 71.9 Å². The number of fused-ring (bicyclic) bond motifs is 3. The number of rotatable bonds is 4. The zero-order valence-corrected chi connectivity index (χ0v) is 33.2. The summed E-state index contributed by atoms with van der Waals surface area (Å²) in [6.45, 7) is 13.6. The van der Waals surface area contributed by atoms with Crippen LogP contribution < -0.4 is 0 Å². The Morgan fingerprint density at radius 2 is 1.24 bits per heavy atom. The van der Waals surface area contributed by atoms with Crippen molar-refractivity contribution in [1.29, 1.82) is 0 Å². The van der Waals surface area contributed by atoms with Crippen LogP contribution in [-0.2, 0) is 54.3 Å². The Bertz CT molecular complexity index is 1510. The molecule has 0 atom stereocenters. The van der Waals surface area contributed by atoms with Crippen LogP contribution in [0, 0.1) is 12.1 Å². The zero-order chi connectivity index (χ0) is 31.9. The molecule has 0 amide bonds. The summed E-state index contributed by atoms with van der Waals surface area (Å²) in [4.78, 5) is 0. The molecule has 0 aliphatic heterocycles. The van der Waals surface area contributed by atoms with Crippen LogP contribution in [0.4, 0.5) is 0 Å². The van der Waals surface area contributed by atoms with Gasteiger partial charge in [-0.1, -0.05) is 76.3 Å². The van der Waals surface area contributed by atoms with Crippen molar-refractivity contribution < 1.29 is 24.2 Å². The fraction of sp³-hybridized carbons (Fsp3) is 0.293. The molecule has 0 saturated carbocycles. The summed E-state index contributed by atoms with van der Waals surface area (Å²) in [6.07, 6.45) is 13.1. The zero-order valence-electron chi connectivity index (χ0n) is 27.6. The summed E-state index contributed by atoms with van der Waals surface area (Å²) in [7, 11) is 0. The molecule has 0 unspecified atom stereocenters. The van der Waals surface area contributed by atoms with E-state index in [2.05, 4.69) is 114 Å². The van der Waals surface area contributed by atoms with Gasteiger partial charge in [-0.15, -0.1) is 36.8 Å². The molecule has 5 heteroatoms. The van der Waals surface area contributed by atoms with E-state index in [9.17, 15) is 0 Å². The second-order valence-electron chi connectivity index (χ2n) is 13.5. The Hall–Kier alpha value is -1.73. The molecule has 0 fully saturated rings. The van der Waals surface area contributed by atoms with Gasteiger partial charge in [-0.05, 0) is 17.4 Å². The largest absolute Gasteiger partial charge is 0.273 e. The van der Waals surface area contributed by atoms with Gasteiger partial charge in [0.25, 0.3) is 0 Å². The van der Waals surface area contributed by atoms with Crippen LogP contribution in [0.3, 0.4) is 0 Å². The van der Waals surface area contributed by atoms with E-state index in [0.29, 0.717) is 0 Å². The van der Waals surface area contributed by atoms with E-state index in [0.717, 1.165) is 35.7 Å². The molecule has 0 spiro atoms. The SMILES string of the molecule is CC(C)(C)c1c[c-]c2c(c1)-c1cc(C(C)(C)C)ccc1C2.Cl.Cl.Clc1ccc(C[C](=[Zr+2])Cc2ccc(Cl)cc2)cc1.[C-]1=CC=CC1. The summed E-state index contributed by atoms with van der Waals surface area (Å²) in [6, 6.07) is 31.2. The van der Waals surface area contributed by atoms with Crippen molar-refractivity contribution in [2.75, 3.05) is 0 Å². The van der Waals surface area contributed by atoms with Gasteiger partial charge in [0.05, 0.1) is 0 Å². The van der Waals surface area contributed by atoms with Crippen LogP contribution in [0.1, 0.15) is 81.3 Å². The van der Waals surface area contributed by atoms with Crippen molar-refractivity contribution in [1.82, 2.24) is 0 Å². The molecule has 0 saturated heterocycles. The topological polar surface area (TPSA) is 0 Å². The third-order valence-corrected chi connectivity index (χ3v) is 9.15. The fourth-order valence-electron chi connectivity index (χ4n) is 5.08. The summed E-state index contributed by atoms with van der Waals surface area (Å²) >= 11 is 13.2. The maximum Gasteiger partial charge on any atom is -0.109 e. The number of benzene rings is 4. The number of allylic oxidation sites excluding steroid dienone is 4. The first-order valence-electron chi connectivity index (χ1n) is 15.3. The van der Waals surface area contributed by atoms with Gasteiger partial charge >= 0.3 is 133 Å². The quantitative estimate of drug-likeness (QED) is 0.160. The van der Waals surface area contributed by atoms with E-state index < -0.39 is 0 Å². The van der Waals surface area contributed by atoms with Crippen molar-refractivity contribution in [3.63, 3.8) is 0 Å². The molecule has 6 rings (SSSR count). The van der Waals surface area contributed by atoms with Gasteiger partial charge in [-0.2, -0.15) is 35.4 Å². The summed E-state index contributed by atoms with van der Waals surface area (Å²) in [5.41, 5.74) is 11.4. The second-order valence-corrected chi connectivity index (χ2v) is 16.2. The molecule has 0 radical (unpaired) electrons. The Morgan fingerprint density at radius 3 is 1.67 bits per heavy atom. The molecule has 2 aliphatic rings. The number of halogens is 4. The predicted octanol–water partition coefficient (Wildman–Crippen LogP) is 12.3. The van der Waals surface area contributed by atoms with Crippen LogP contribution in [0.5, 0.6) is 0 Å². The van der Waals surface area contributed by atoms with E-state index in [1.54, 1.807) is 0 Å². The molecule has 4 aromatic carbocycles. The minimum absolute atomic E-state index is 0. The Labute approximate surface area is 314 Å². The molecule has 2 aliphatic carbocycles. The van der Waals surface area contributed by atoms with Crippen LogP contribution in [0.2, 0.25) is 10.0 Å². The van der Waals surface area contributed by atoms with Crippen LogP contribution in [0.25, 0.3) is 11.1 Å². The van der Waals surface area contributed by atoms with Gasteiger partial charge in [-0.25, -0.2) is 12.2 Å². The molecule has 0 N–H and O–H groups in total. The van der Waals surface area contributed by atoms with Gasteiger partial charge in [0.2, 0.25) is 0 Å². The number of hydrogen-bond acceptors (Lipinski definition) is 0. The maximum absolute atomic E-state index is 5.88. The average Bonchev–Trinajstić information content (AvgIpc) is 3.66. The Morgan fingerprint density at radius 1 is 0.717 bits per heavy atom. The van der Waals surface area contributed by atoms with Gasteiger partial charge in [0.15, 0.2) is 0 Å². The van der Waals surface area contributed by atoms with E-state index in [4.69, 9.17) is 23.2 Å². The van der Waals surface area contributed by atoms with Crippen molar-refractivity contribution in [2.24, 2.45) is 0 Å². The fourth-order valence-corrected chi connectivity index (χ4v) is 6.34. The van der Waals surface area contributed by atoms with Crippen molar-refractivity contribution in [2.45, 2.75) is 78.1 Å².